The molecular formula is C19H23F2N3O3. The standard InChI is InChI=1S/C19H23F2N3O3/c1-26-17(25)19(23-24-22)10-14-9-18(20,21)8-7-15(14)16(19)12-27-11-13-5-3-2-4-6-13/h2-6,14-16H,7-12H2,1H3/t14-,15+,16-,19?/m0/s1. The van der Waals surface area contributed by atoms with E-state index in [1.165, 1.54) is 7.11 Å². The van der Waals surface area contributed by atoms with Gasteiger partial charge in [-0.25, -0.2) is 8.78 Å². The zero-order valence-corrected chi connectivity index (χ0v) is 15.2. The second kappa shape index (κ2) is 7.82. The highest BCUT2D eigenvalue weighted by atomic mass is 19.3. The number of carbonyl (C=O) groups excluding carboxylic acids is 1. The molecule has 27 heavy (non-hydrogen) atoms. The molecule has 146 valence electrons. The van der Waals surface area contributed by atoms with Crippen molar-refractivity contribution >= 4 is 5.97 Å². The smallest absolute Gasteiger partial charge is 0.318 e. The molecule has 1 aromatic carbocycles. The van der Waals surface area contributed by atoms with Crippen molar-refractivity contribution in [2.75, 3.05) is 13.7 Å². The number of hydrogen-bond donors (Lipinski definition) is 0. The first kappa shape index (κ1) is 19.6. The van der Waals surface area contributed by atoms with Gasteiger partial charge in [0.2, 0.25) is 5.92 Å². The van der Waals surface area contributed by atoms with Crippen LogP contribution in [0.5, 0.6) is 0 Å². The Morgan fingerprint density at radius 3 is 2.74 bits per heavy atom. The van der Waals surface area contributed by atoms with E-state index >= 15 is 0 Å². The molecule has 6 nitrogen and oxygen atoms in total. The van der Waals surface area contributed by atoms with Crippen LogP contribution in [0.4, 0.5) is 8.78 Å². The van der Waals surface area contributed by atoms with E-state index in [0.29, 0.717) is 6.61 Å². The van der Waals surface area contributed by atoms with Crippen molar-refractivity contribution in [2.45, 2.75) is 43.8 Å². The summed E-state index contributed by atoms with van der Waals surface area (Å²) in [5.74, 6) is -4.47. The summed E-state index contributed by atoms with van der Waals surface area (Å²) in [4.78, 5) is 15.4. The van der Waals surface area contributed by atoms with Crippen LogP contribution >= 0.6 is 0 Å². The Labute approximate surface area is 156 Å². The highest BCUT2D eigenvalue weighted by Gasteiger charge is 2.61. The van der Waals surface area contributed by atoms with Gasteiger partial charge < -0.3 is 9.47 Å². The minimum Gasteiger partial charge on any atom is -0.468 e. The van der Waals surface area contributed by atoms with Crippen LogP contribution in [-0.4, -0.2) is 31.1 Å². The molecule has 1 unspecified atom stereocenters. The van der Waals surface area contributed by atoms with Gasteiger partial charge in [-0.05, 0) is 35.8 Å². The van der Waals surface area contributed by atoms with E-state index in [1.807, 2.05) is 30.3 Å². The average Bonchev–Trinajstić information content (AvgIpc) is 2.94. The van der Waals surface area contributed by atoms with Crippen molar-refractivity contribution in [3.8, 4) is 0 Å². The van der Waals surface area contributed by atoms with E-state index < -0.39 is 29.3 Å². The van der Waals surface area contributed by atoms with E-state index in [-0.39, 0.29) is 38.2 Å². The molecule has 2 saturated carbocycles. The van der Waals surface area contributed by atoms with Gasteiger partial charge in [0.15, 0.2) is 5.54 Å². The van der Waals surface area contributed by atoms with Crippen molar-refractivity contribution in [3.63, 3.8) is 0 Å². The Morgan fingerprint density at radius 2 is 2.07 bits per heavy atom. The number of benzene rings is 1. The van der Waals surface area contributed by atoms with Gasteiger partial charge in [-0.3, -0.25) is 4.79 Å². The summed E-state index contributed by atoms with van der Waals surface area (Å²) in [5.41, 5.74) is 8.53. The van der Waals surface area contributed by atoms with E-state index in [1.54, 1.807) is 0 Å². The summed E-state index contributed by atoms with van der Waals surface area (Å²) in [6, 6.07) is 9.52. The lowest BCUT2D eigenvalue weighted by Gasteiger charge is -2.35. The molecule has 0 bridgehead atoms. The minimum atomic E-state index is -2.75. The number of ether oxygens (including phenoxy) is 2. The van der Waals surface area contributed by atoms with Crippen LogP contribution in [-0.2, 0) is 20.9 Å². The molecule has 2 aliphatic rings. The van der Waals surface area contributed by atoms with Crippen molar-refractivity contribution in [1.82, 2.24) is 0 Å². The number of fused-ring (bicyclic) bond motifs is 1. The number of halogens is 2. The maximum atomic E-state index is 13.9. The minimum absolute atomic E-state index is 0.0728. The Kier molecular flexibility index (Phi) is 5.67. The first-order valence-electron chi connectivity index (χ1n) is 9.06. The van der Waals surface area contributed by atoms with E-state index in [9.17, 15) is 13.6 Å². The predicted octanol–water partition coefficient (Wildman–Crippen LogP) is 4.50. The number of hydrogen-bond acceptors (Lipinski definition) is 4. The van der Waals surface area contributed by atoms with Crippen LogP contribution in [0.1, 0.15) is 31.2 Å². The normalized spacial score (nSPS) is 31.6. The summed E-state index contributed by atoms with van der Waals surface area (Å²) in [5, 5.41) is 3.79. The number of rotatable bonds is 6. The maximum Gasteiger partial charge on any atom is 0.318 e. The van der Waals surface area contributed by atoms with Gasteiger partial charge in [0.05, 0.1) is 20.3 Å². The third kappa shape index (κ3) is 3.92. The third-order valence-corrected chi connectivity index (χ3v) is 5.88. The van der Waals surface area contributed by atoms with E-state index in [0.717, 1.165) is 5.56 Å². The molecule has 3 rings (SSSR count). The van der Waals surface area contributed by atoms with Crippen LogP contribution in [0.15, 0.2) is 35.4 Å². The third-order valence-electron chi connectivity index (χ3n) is 5.88. The monoisotopic (exact) mass is 379 g/mol. The van der Waals surface area contributed by atoms with Crippen molar-refractivity contribution < 1.29 is 23.0 Å². The zero-order chi connectivity index (χ0) is 19.5. The fourth-order valence-corrected chi connectivity index (χ4v) is 4.70. The first-order chi connectivity index (χ1) is 12.9. The Morgan fingerprint density at radius 1 is 1.33 bits per heavy atom. The van der Waals surface area contributed by atoms with Gasteiger partial charge >= 0.3 is 5.97 Å². The fourth-order valence-electron chi connectivity index (χ4n) is 4.70. The molecule has 0 saturated heterocycles. The molecule has 2 fully saturated rings. The summed E-state index contributed by atoms with van der Waals surface area (Å²) >= 11 is 0. The number of methoxy groups -OCH3 is 1. The summed E-state index contributed by atoms with van der Waals surface area (Å²) in [7, 11) is 1.22. The predicted molar refractivity (Wildman–Crippen MR) is 93.9 cm³/mol. The average molecular weight is 379 g/mol. The van der Waals surface area contributed by atoms with Crippen molar-refractivity contribution in [2.24, 2.45) is 22.9 Å². The second-order valence-electron chi connectivity index (χ2n) is 7.44. The molecule has 0 spiro atoms. The largest absolute Gasteiger partial charge is 0.468 e. The van der Waals surface area contributed by atoms with Crippen LogP contribution in [0.25, 0.3) is 10.4 Å². The number of azide groups is 1. The lowest BCUT2D eigenvalue weighted by molar-refractivity contribution is -0.150. The van der Waals surface area contributed by atoms with Crippen molar-refractivity contribution in [3.05, 3.63) is 46.3 Å². The zero-order valence-electron chi connectivity index (χ0n) is 15.2. The molecule has 0 amide bonds. The van der Waals surface area contributed by atoms with Crippen molar-refractivity contribution in [1.29, 1.82) is 0 Å². The molecule has 0 N–H and O–H groups in total. The number of esters is 1. The van der Waals surface area contributed by atoms with Crippen LogP contribution in [0.2, 0.25) is 0 Å². The summed E-state index contributed by atoms with van der Waals surface area (Å²) in [6.45, 7) is 0.480. The SMILES string of the molecule is COC(=O)C1(N=[N+]=[N-])C[C@@H]2CC(F)(F)CC[C@H]2[C@@H]1COCc1ccccc1. The topological polar surface area (TPSA) is 84.3 Å². The van der Waals surface area contributed by atoms with E-state index in [2.05, 4.69) is 10.0 Å². The molecule has 4 atom stereocenters. The highest BCUT2D eigenvalue weighted by Crippen LogP contribution is 2.56. The Bertz CT molecular complexity index is 724. The molecule has 0 heterocycles. The maximum absolute atomic E-state index is 13.9. The number of alkyl halides is 2. The molecular weight excluding hydrogens is 356 g/mol. The van der Waals surface area contributed by atoms with Gasteiger partial charge in [0.25, 0.3) is 0 Å². The molecule has 1 aromatic rings. The molecule has 2 aliphatic carbocycles. The second-order valence-corrected chi connectivity index (χ2v) is 7.44. The van der Waals surface area contributed by atoms with Crippen LogP contribution in [0, 0.1) is 17.8 Å². The summed E-state index contributed by atoms with van der Waals surface area (Å²) < 4.78 is 38.5. The van der Waals surface area contributed by atoms with Crippen LogP contribution < -0.4 is 0 Å². The summed E-state index contributed by atoms with van der Waals surface area (Å²) in [6.07, 6.45) is -0.177. The van der Waals surface area contributed by atoms with Gasteiger partial charge in [0.1, 0.15) is 0 Å². The number of carbonyl (C=O) groups is 1. The quantitative estimate of drug-likeness (QED) is 0.316. The van der Waals surface area contributed by atoms with Crippen LogP contribution in [0.3, 0.4) is 0 Å². The number of nitrogens with zero attached hydrogens (tertiary/aromatic N) is 3. The highest BCUT2D eigenvalue weighted by molar-refractivity contribution is 5.82. The van der Waals surface area contributed by atoms with Gasteiger partial charge in [0, 0.05) is 23.7 Å². The van der Waals surface area contributed by atoms with Gasteiger partial charge in [-0.2, -0.15) is 0 Å². The fraction of sp³-hybridized carbons (Fsp3) is 0.632. The Hall–Kier alpha value is -2.18. The molecule has 8 heteroatoms. The first-order valence-corrected chi connectivity index (χ1v) is 9.06. The molecule has 0 radical (unpaired) electrons. The molecule has 0 aromatic heterocycles. The van der Waals surface area contributed by atoms with Gasteiger partial charge in [-0.1, -0.05) is 35.4 Å². The van der Waals surface area contributed by atoms with Gasteiger partial charge in [-0.15, -0.1) is 0 Å². The molecule has 0 aliphatic heterocycles. The Balaban J connectivity index is 1.83. The lowest BCUT2D eigenvalue weighted by atomic mass is 9.75. The van der Waals surface area contributed by atoms with E-state index in [4.69, 9.17) is 15.0 Å². The lowest BCUT2D eigenvalue weighted by Crippen LogP contribution is -2.44.